The van der Waals surface area contributed by atoms with Crippen molar-refractivity contribution in [2.24, 2.45) is 0 Å². The molecule has 0 amide bonds. The lowest BCUT2D eigenvalue weighted by molar-refractivity contribution is -0.0498. The van der Waals surface area contributed by atoms with Gasteiger partial charge in [0.05, 0.1) is 4.88 Å². The number of thiophene rings is 1. The Morgan fingerprint density at radius 1 is 1.35 bits per heavy atom. The van der Waals surface area contributed by atoms with Crippen LogP contribution in [0.3, 0.4) is 0 Å². The monoisotopic (exact) mass is 400 g/mol. The number of hydrogen-bond donors (Lipinski definition) is 0. The fraction of sp³-hybridized carbons (Fsp3) is 0.235. The number of alkyl halides is 2. The minimum Gasteiger partial charge on any atom is -0.435 e. The summed E-state index contributed by atoms with van der Waals surface area (Å²) in [5.41, 5.74) is 0.740. The molecule has 0 saturated carbocycles. The molecule has 0 atom stereocenters. The molecule has 0 N–H and O–H groups in total. The molecule has 0 fully saturated rings. The zero-order valence-corrected chi connectivity index (χ0v) is 14.8. The van der Waals surface area contributed by atoms with E-state index in [1.807, 2.05) is 6.07 Å². The summed E-state index contributed by atoms with van der Waals surface area (Å²) in [5, 5.41) is 0. The number of hydrogen-bond acceptors (Lipinski definition) is 3. The molecular weight excluding hydrogens is 386 g/mol. The van der Waals surface area contributed by atoms with Crippen molar-refractivity contribution in [1.82, 2.24) is 0 Å². The van der Waals surface area contributed by atoms with Gasteiger partial charge in [-0.1, -0.05) is 31.6 Å². The standard InChI is InChI=1S/C17H15BrF2O2S/c1-2-3-15-13(18)10-16(23-15)14(21)9-6-11-4-7-12(8-5-11)22-17(19)20/h4-10,17H,2-3H2,1H3/b9-6+. The van der Waals surface area contributed by atoms with Gasteiger partial charge in [0.15, 0.2) is 5.78 Å². The van der Waals surface area contributed by atoms with E-state index >= 15 is 0 Å². The Morgan fingerprint density at radius 3 is 2.65 bits per heavy atom. The summed E-state index contributed by atoms with van der Waals surface area (Å²) < 4.78 is 29.4. The molecule has 0 unspecified atom stereocenters. The first-order valence-electron chi connectivity index (χ1n) is 7.05. The van der Waals surface area contributed by atoms with Crippen LogP contribution in [0, 0.1) is 0 Å². The molecular formula is C17H15BrF2O2S. The maximum atomic E-state index is 12.2. The summed E-state index contributed by atoms with van der Waals surface area (Å²) in [4.78, 5) is 14.0. The van der Waals surface area contributed by atoms with Crippen LogP contribution in [0.25, 0.3) is 6.08 Å². The number of ketones is 1. The van der Waals surface area contributed by atoms with Gasteiger partial charge in [0.25, 0.3) is 0 Å². The van der Waals surface area contributed by atoms with Gasteiger partial charge in [-0.25, -0.2) is 0 Å². The largest absolute Gasteiger partial charge is 0.435 e. The van der Waals surface area contributed by atoms with E-state index in [2.05, 4.69) is 27.6 Å². The number of halogens is 3. The number of aryl methyl sites for hydroxylation is 1. The van der Waals surface area contributed by atoms with Crippen LogP contribution in [-0.2, 0) is 6.42 Å². The molecule has 0 aliphatic rings. The van der Waals surface area contributed by atoms with Gasteiger partial charge in [-0.15, -0.1) is 11.3 Å². The van der Waals surface area contributed by atoms with Gasteiger partial charge in [0.2, 0.25) is 0 Å². The number of allylic oxidation sites excluding steroid dienone is 1. The SMILES string of the molecule is CCCc1sc(C(=O)/C=C/c2ccc(OC(F)F)cc2)cc1Br. The van der Waals surface area contributed by atoms with Gasteiger partial charge < -0.3 is 4.74 Å². The molecule has 0 bridgehead atoms. The second kappa shape index (κ2) is 8.36. The van der Waals surface area contributed by atoms with Crippen LogP contribution in [0.1, 0.15) is 33.5 Å². The van der Waals surface area contributed by atoms with Crippen LogP contribution in [0.15, 0.2) is 40.9 Å². The highest BCUT2D eigenvalue weighted by Crippen LogP contribution is 2.29. The van der Waals surface area contributed by atoms with Crippen LogP contribution < -0.4 is 4.74 Å². The molecule has 1 aromatic heterocycles. The minimum absolute atomic E-state index is 0.0778. The van der Waals surface area contributed by atoms with Gasteiger partial charge in [0.1, 0.15) is 5.75 Å². The third-order valence-electron chi connectivity index (χ3n) is 3.01. The quantitative estimate of drug-likeness (QED) is 0.423. The molecule has 2 aromatic rings. The normalized spacial score (nSPS) is 11.3. The lowest BCUT2D eigenvalue weighted by Crippen LogP contribution is -2.01. The third-order valence-corrected chi connectivity index (χ3v) is 5.19. The Bertz CT molecular complexity index is 693. The molecule has 0 saturated heterocycles. The highest BCUT2D eigenvalue weighted by molar-refractivity contribution is 9.10. The summed E-state index contributed by atoms with van der Waals surface area (Å²) in [6.07, 6.45) is 5.10. The first-order chi connectivity index (χ1) is 11.0. The summed E-state index contributed by atoms with van der Waals surface area (Å²) in [6, 6.07) is 7.96. The zero-order chi connectivity index (χ0) is 16.8. The van der Waals surface area contributed by atoms with Gasteiger partial charge in [-0.05, 0) is 52.2 Å². The van der Waals surface area contributed by atoms with E-state index in [9.17, 15) is 13.6 Å². The van der Waals surface area contributed by atoms with Crippen LogP contribution in [0.2, 0.25) is 0 Å². The molecule has 6 heteroatoms. The Balaban J connectivity index is 2.04. The molecule has 2 nitrogen and oxygen atoms in total. The fourth-order valence-corrected chi connectivity index (χ4v) is 3.83. The first kappa shape index (κ1) is 17.8. The molecule has 0 aliphatic heterocycles. The highest BCUT2D eigenvalue weighted by Gasteiger charge is 2.10. The first-order valence-corrected chi connectivity index (χ1v) is 8.66. The van der Waals surface area contributed by atoms with Crippen molar-refractivity contribution in [1.29, 1.82) is 0 Å². The van der Waals surface area contributed by atoms with E-state index < -0.39 is 6.61 Å². The average Bonchev–Trinajstić information content (AvgIpc) is 2.87. The second-order valence-electron chi connectivity index (χ2n) is 4.78. The van der Waals surface area contributed by atoms with Crippen molar-refractivity contribution in [3.63, 3.8) is 0 Å². The van der Waals surface area contributed by atoms with Crippen LogP contribution >= 0.6 is 27.3 Å². The topological polar surface area (TPSA) is 26.3 Å². The lowest BCUT2D eigenvalue weighted by atomic mass is 10.2. The summed E-state index contributed by atoms with van der Waals surface area (Å²) in [7, 11) is 0. The lowest BCUT2D eigenvalue weighted by Gasteiger charge is -2.03. The molecule has 122 valence electrons. The van der Waals surface area contributed by atoms with E-state index in [4.69, 9.17) is 0 Å². The van der Waals surface area contributed by atoms with Crippen LogP contribution in [0.4, 0.5) is 8.78 Å². The van der Waals surface area contributed by atoms with E-state index in [1.54, 1.807) is 18.2 Å². The molecule has 1 heterocycles. The highest BCUT2D eigenvalue weighted by atomic mass is 79.9. The van der Waals surface area contributed by atoms with Crippen molar-refractivity contribution < 1.29 is 18.3 Å². The van der Waals surface area contributed by atoms with E-state index in [1.165, 1.54) is 29.5 Å². The average molecular weight is 401 g/mol. The molecule has 2 rings (SSSR count). The number of benzene rings is 1. The maximum Gasteiger partial charge on any atom is 0.387 e. The molecule has 23 heavy (non-hydrogen) atoms. The Labute approximate surface area is 145 Å². The number of ether oxygens (including phenoxy) is 1. The van der Waals surface area contributed by atoms with Gasteiger partial charge >= 0.3 is 6.61 Å². The van der Waals surface area contributed by atoms with E-state index in [0.29, 0.717) is 4.88 Å². The Hall–Kier alpha value is -1.53. The Morgan fingerprint density at radius 2 is 2.04 bits per heavy atom. The summed E-state index contributed by atoms with van der Waals surface area (Å²) in [6.45, 7) is -0.748. The summed E-state index contributed by atoms with van der Waals surface area (Å²) in [5.74, 6) is 0.0147. The maximum absolute atomic E-state index is 12.2. The predicted octanol–water partition coefficient (Wildman–Crippen LogP) is 5.96. The molecule has 1 aromatic carbocycles. The number of carbonyl (C=O) groups is 1. The Kier molecular flexibility index (Phi) is 6.47. The van der Waals surface area contributed by atoms with Crippen molar-refractivity contribution in [2.45, 2.75) is 26.4 Å². The van der Waals surface area contributed by atoms with Crippen LogP contribution in [-0.4, -0.2) is 12.4 Å². The molecule has 0 aliphatic carbocycles. The fourth-order valence-electron chi connectivity index (χ4n) is 1.94. The predicted molar refractivity (Wildman–Crippen MR) is 92.5 cm³/mol. The van der Waals surface area contributed by atoms with Crippen molar-refractivity contribution in [2.75, 3.05) is 0 Å². The third kappa shape index (κ3) is 5.25. The van der Waals surface area contributed by atoms with Gasteiger partial charge in [-0.3, -0.25) is 4.79 Å². The summed E-state index contributed by atoms with van der Waals surface area (Å²) >= 11 is 4.95. The van der Waals surface area contributed by atoms with E-state index in [0.717, 1.165) is 27.8 Å². The minimum atomic E-state index is -2.84. The zero-order valence-electron chi connectivity index (χ0n) is 12.4. The van der Waals surface area contributed by atoms with Gasteiger partial charge in [0, 0.05) is 9.35 Å². The molecule has 0 radical (unpaired) electrons. The number of carbonyl (C=O) groups excluding carboxylic acids is 1. The van der Waals surface area contributed by atoms with Crippen molar-refractivity contribution >= 4 is 39.1 Å². The smallest absolute Gasteiger partial charge is 0.387 e. The van der Waals surface area contributed by atoms with Crippen LogP contribution in [0.5, 0.6) is 5.75 Å². The second-order valence-corrected chi connectivity index (χ2v) is 6.77. The van der Waals surface area contributed by atoms with Crippen molar-refractivity contribution in [3.8, 4) is 5.75 Å². The van der Waals surface area contributed by atoms with Gasteiger partial charge in [-0.2, -0.15) is 8.78 Å². The van der Waals surface area contributed by atoms with E-state index in [-0.39, 0.29) is 11.5 Å². The van der Waals surface area contributed by atoms with Crippen molar-refractivity contribution in [3.05, 3.63) is 56.2 Å². The molecule has 0 spiro atoms. The number of rotatable bonds is 7.